The van der Waals surface area contributed by atoms with Crippen LogP contribution in [0.5, 0.6) is 0 Å². The number of nitrogens with one attached hydrogen (secondary N) is 2. The molecule has 1 aromatic rings. The monoisotopic (exact) mass is 300 g/mol. The van der Waals surface area contributed by atoms with Crippen LogP contribution in [0.2, 0.25) is 5.15 Å². The van der Waals surface area contributed by atoms with Crippen LogP contribution >= 0.6 is 23.4 Å². The molecule has 7 heteroatoms. The molecule has 1 aromatic heterocycles. The highest BCUT2D eigenvalue weighted by molar-refractivity contribution is 7.99. The highest BCUT2D eigenvalue weighted by atomic mass is 35.5. The highest BCUT2D eigenvalue weighted by Crippen LogP contribution is 2.28. The number of aromatic nitrogens is 1. The zero-order valence-corrected chi connectivity index (χ0v) is 12.2. The number of amides is 1. The van der Waals surface area contributed by atoms with Gasteiger partial charge in [-0.1, -0.05) is 11.6 Å². The molecule has 4 N–H and O–H groups in total. The van der Waals surface area contributed by atoms with Gasteiger partial charge >= 0.3 is 0 Å². The van der Waals surface area contributed by atoms with E-state index in [1.807, 2.05) is 11.8 Å². The standard InChI is InChI=1S/C12H17ClN4OS/c1-19-9-3-2-8(6-9)15-12(18)7-4-10(13)16-11(5-7)17-14/h4-5,8-9H,2-3,6,14H2,1H3,(H,15,18)(H,16,17). The van der Waals surface area contributed by atoms with Crippen molar-refractivity contribution in [3.8, 4) is 0 Å². The molecular formula is C12H17ClN4OS. The van der Waals surface area contributed by atoms with Gasteiger partial charge in [-0.25, -0.2) is 10.8 Å². The van der Waals surface area contributed by atoms with Gasteiger partial charge in [-0.3, -0.25) is 4.79 Å². The molecule has 1 heterocycles. The molecule has 104 valence electrons. The third-order valence-electron chi connectivity index (χ3n) is 3.26. The number of halogens is 1. The molecule has 0 saturated heterocycles. The van der Waals surface area contributed by atoms with E-state index < -0.39 is 0 Å². The van der Waals surface area contributed by atoms with Crippen molar-refractivity contribution < 1.29 is 4.79 Å². The Hall–Kier alpha value is -0.980. The fourth-order valence-corrected chi connectivity index (χ4v) is 3.26. The maximum absolute atomic E-state index is 12.1. The molecule has 0 spiro atoms. The summed E-state index contributed by atoms with van der Waals surface area (Å²) in [6.07, 6.45) is 5.31. The summed E-state index contributed by atoms with van der Waals surface area (Å²) in [4.78, 5) is 16.1. The average molecular weight is 301 g/mol. The van der Waals surface area contributed by atoms with E-state index in [0.717, 1.165) is 19.3 Å². The van der Waals surface area contributed by atoms with Crippen LogP contribution in [0.4, 0.5) is 5.82 Å². The number of carbonyl (C=O) groups excluding carboxylic acids is 1. The van der Waals surface area contributed by atoms with Crippen LogP contribution in [-0.4, -0.2) is 28.4 Å². The first kappa shape index (κ1) is 14.4. The molecule has 5 nitrogen and oxygen atoms in total. The maximum atomic E-state index is 12.1. The Kier molecular flexibility index (Phi) is 4.90. The molecule has 0 bridgehead atoms. The molecule has 1 aliphatic carbocycles. The minimum absolute atomic E-state index is 0.132. The molecule has 0 radical (unpaired) electrons. The number of hydrogen-bond donors (Lipinski definition) is 3. The number of pyridine rings is 1. The number of carbonyl (C=O) groups is 1. The molecule has 1 aliphatic rings. The van der Waals surface area contributed by atoms with Gasteiger partial charge in [0, 0.05) is 16.9 Å². The summed E-state index contributed by atoms with van der Waals surface area (Å²) in [5.41, 5.74) is 2.87. The fraction of sp³-hybridized carbons (Fsp3) is 0.500. The summed E-state index contributed by atoms with van der Waals surface area (Å²) in [5, 5.41) is 3.92. The lowest BCUT2D eigenvalue weighted by molar-refractivity contribution is 0.0938. The smallest absolute Gasteiger partial charge is 0.251 e. The second-order valence-electron chi connectivity index (χ2n) is 4.55. The van der Waals surface area contributed by atoms with Crippen LogP contribution in [0.3, 0.4) is 0 Å². The molecule has 1 saturated carbocycles. The van der Waals surface area contributed by atoms with Crippen LogP contribution < -0.4 is 16.6 Å². The second-order valence-corrected chi connectivity index (χ2v) is 6.07. The van der Waals surface area contributed by atoms with Crippen molar-refractivity contribution in [1.29, 1.82) is 0 Å². The largest absolute Gasteiger partial charge is 0.349 e. The van der Waals surface area contributed by atoms with Gasteiger partial charge in [0.2, 0.25) is 0 Å². The van der Waals surface area contributed by atoms with Gasteiger partial charge in [-0.15, -0.1) is 0 Å². The molecule has 2 unspecified atom stereocenters. The van der Waals surface area contributed by atoms with Gasteiger partial charge in [0.15, 0.2) is 0 Å². The number of hydrogen-bond acceptors (Lipinski definition) is 5. The van der Waals surface area contributed by atoms with Crippen LogP contribution in [-0.2, 0) is 0 Å². The predicted molar refractivity (Wildman–Crippen MR) is 79.5 cm³/mol. The van der Waals surface area contributed by atoms with Crippen molar-refractivity contribution in [3.05, 3.63) is 22.8 Å². The van der Waals surface area contributed by atoms with Gasteiger partial charge in [0.05, 0.1) is 0 Å². The van der Waals surface area contributed by atoms with E-state index in [1.165, 1.54) is 0 Å². The molecule has 1 amide bonds. The second kappa shape index (κ2) is 6.45. The predicted octanol–water partition coefficient (Wildman–Crippen LogP) is 2.03. The van der Waals surface area contributed by atoms with Crippen molar-refractivity contribution in [3.63, 3.8) is 0 Å². The molecule has 1 fully saturated rings. The number of anilines is 1. The minimum Gasteiger partial charge on any atom is -0.349 e. The summed E-state index contributed by atoms with van der Waals surface area (Å²) in [6, 6.07) is 3.37. The van der Waals surface area contributed by atoms with E-state index in [1.54, 1.807) is 12.1 Å². The summed E-state index contributed by atoms with van der Waals surface area (Å²) >= 11 is 7.70. The first-order chi connectivity index (χ1) is 9.12. The SMILES string of the molecule is CSC1CCC(NC(=O)c2cc(Cl)nc(NN)c2)C1. The summed E-state index contributed by atoms with van der Waals surface area (Å²) in [7, 11) is 0. The average Bonchev–Trinajstić information content (AvgIpc) is 2.85. The van der Waals surface area contributed by atoms with Crippen molar-refractivity contribution in [2.75, 3.05) is 11.7 Å². The Balaban J connectivity index is 2.02. The number of rotatable bonds is 4. The molecule has 0 aromatic carbocycles. The number of thioether (sulfide) groups is 1. The molecule has 2 atom stereocenters. The number of nitrogens with two attached hydrogens (primary N) is 1. The van der Waals surface area contributed by atoms with Gasteiger partial charge < -0.3 is 10.7 Å². The van der Waals surface area contributed by atoms with E-state index in [4.69, 9.17) is 17.4 Å². The fourth-order valence-electron chi connectivity index (χ4n) is 2.26. The lowest BCUT2D eigenvalue weighted by Gasteiger charge is -2.13. The van der Waals surface area contributed by atoms with E-state index in [2.05, 4.69) is 22.0 Å². The van der Waals surface area contributed by atoms with E-state index in [0.29, 0.717) is 16.6 Å². The normalized spacial score (nSPS) is 22.3. The maximum Gasteiger partial charge on any atom is 0.251 e. The molecule has 2 rings (SSSR count). The Morgan fingerprint density at radius 3 is 2.95 bits per heavy atom. The van der Waals surface area contributed by atoms with Crippen LogP contribution in [0.1, 0.15) is 29.6 Å². The van der Waals surface area contributed by atoms with Crippen LogP contribution in [0.25, 0.3) is 0 Å². The Morgan fingerprint density at radius 2 is 2.32 bits per heavy atom. The van der Waals surface area contributed by atoms with Crippen LogP contribution in [0.15, 0.2) is 12.1 Å². The van der Waals surface area contributed by atoms with E-state index >= 15 is 0 Å². The lowest BCUT2D eigenvalue weighted by Crippen LogP contribution is -2.33. The Bertz CT molecular complexity index is 471. The number of nitrogen functional groups attached to an aromatic ring is 1. The Labute approximate surface area is 121 Å². The number of hydrazine groups is 1. The van der Waals surface area contributed by atoms with Crippen molar-refractivity contribution in [2.45, 2.75) is 30.6 Å². The highest BCUT2D eigenvalue weighted by Gasteiger charge is 2.25. The topological polar surface area (TPSA) is 80.0 Å². The van der Waals surface area contributed by atoms with Gasteiger partial charge in [0.1, 0.15) is 11.0 Å². The minimum atomic E-state index is -0.132. The quantitative estimate of drug-likeness (QED) is 0.450. The zero-order valence-electron chi connectivity index (χ0n) is 10.6. The van der Waals surface area contributed by atoms with Gasteiger partial charge in [0.25, 0.3) is 5.91 Å². The number of nitrogens with zero attached hydrogens (tertiary/aromatic N) is 1. The third kappa shape index (κ3) is 3.75. The summed E-state index contributed by atoms with van der Waals surface area (Å²) in [6.45, 7) is 0. The summed E-state index contributed by atoms with van der Waals surface area (Å²) in [5.74, 6) is 5.53. The van der Waals surface area contributed by atoms with E-state index in [-0.39, 0.29) is 17.1 Å². The van der Waals surface area contributed by atoms with Crippen LogP contribution in [0, 0.1) is 0 Å². The van der Waals surface area contributed by atoms with Crippen molar-refractivity contribution in [1.82, 2.24) is 10.3 Å². The van der Waals surface area contributed by atoms with E-state index in [9.17, 15) is 4.79 Å². The molecular weight excluding hydrogens is 284 g/mol. The first-order valence-electron chi connectivity index (χ1n) is 6.10. The third-order valence-corrected chi connectivity index (χ3v) is 4.55. The summed E-state index contributed by atoms with van der Waals surface area (Å²) < 4.78 is 0. The Morgan fingerprint density at radius 1 is 1.53 bits per heavy atom. The van der Waals surface area contributed by atoms with Crippen molar-refractivity contribution >= 4 is 35.1 Å². The molecule has 0 aliphatic heterocycles. The van der Waals surface area contributed by atoms with Gasteiger partial charge in [-0.05, 0) is 37.7 Å². The zero-order chi connectivity index (χ0) is 13.8. The van der Waals surface area contributed by atoms with Gasteiger partial charge in [-0.2, -0.15) is 11.8 Å². The molecule has 19 heavy (non-hydrogen) atoms. The van der Waals surface area contributed by atoms with Crippen molar-refractivity contribution in [2.24, 2.45) is 5.84 Å². The lowest BCUT2D eigenvalue weighted by atomic mass is 10.2. The first-order valence-corrected chi connectivity index (χ1v) is 7.77.